The van der Waals surface area contributed by atoms with E-state index in [0.29, 0.717) is 12.3 Å². The molecule has 5 nitrogen and oxygen atoms in total. The number of ether oxygens (including phenoxy) is 1. The lowest BCUT2D eigenvalue weighted by atomic mass is 10.1. The predicted octanol–water partition coefficient (Wildman–Crippen LogP) is 5.31. The molecule has 0 spiro atoms. The zero-order valence-corrected chi connectivity index (χ0v) is 20.5. The molecule has 1 N–H and O–H groups in total. The van der Waals surface area contributed by atoms with Gasteiger partial charge in [-0.2, -0.15) is 0 Å². The molecule has 0 aliphatic rings. The van der Waals surface area contributed by atoms with Gasteiger partial charge in [0.25, 0.3) is 5.91 Å². The van der Waals surface area contributed by atoms with E-state index in [1.807, 2.05) is 87.5 Å². The molecule has 0 unspecified atom stereocenters. The lowest BCUT2D eigenvalue weighted by Crippen LogP contribution is -2.53. The Balaban J connectivity index is 1.78. The topological polar surface area (TPSA) is 58.6 Å². The van der Waals surface area contributed by atoms with Crippen molar-refractivity contribution in [3.05, 3.63) is 76.8 Å². The molecular formula is C26H29BrN2O3. The summed E-state index contributed by atoms with van der Waals surface area (Å²) in [6.45, 7) is 7.65. The summed E-state index contributed by atoms with van der Waals surface area (Å²) in [5, 5.41) is 5.05. The molecule has 3 rings (SSSR count). The number of benzene rings is 3. The van der Waals surface area contributed by atoms with E-state index in [9.17, 15) is 9.59 Å². The molecule has 1 atom stereocenters. The first-order valence-electron chi connectivity index (χ1n) is 10.6. The van der Waals surface area contributed by atoms with Crippen molar-refractivity contribution in [2.75, 3.05) is 6.61 Å². The minimum atomic E-state index is -0.648. The maximum Gasteiger partial charge on any atom is 0.261 e. The van der Waals surface area contributed by atoms with Crippen LogP contribution < -0.4 is 10.1 Å². The number of hydrogen-bond acceptors (Lipinski definition) is 3. The second-order valence-electron chi connectivity index (χ2n) is 8.81. The van der Waals surface area contributed by atoms with Crippen LogP contribution in [-0.4, -0.2) is 34.9 Å². The highest BCUT2D eigenvalue weighted by atomic mass is 79.9. The molecule has 0 aliphatic carbocycles. The van der Waals surface area contributed by atoms with Crippen LogP contribution in [0.25, 0.3) is 10.8 Å². The van der Waals surface area contributed by atoms with E-state index in [1.54, 1.807) is 11.8 Å². The van der Waals surface area contributed by atoms with Gasteiger partial charge in [0.2, 0.25) is 5.91 Å². The van der Waals surface area contributed by atoms with Gasteiger partial charge in [-0.15, -0.1) is 0 Å². The van der Waals surface area contributed by atoms with Gasteiger partial charge in [-0.05, 0) is 66.0 Å². The van der Waals surface area contributed by atoms with Crippen molar-refractivity contribution in [3.63, 3.8) is 0 Å². The van der Waals surface area contributed by atoms with E-state index in [2.05, 4.69) is 21.2 Å². The van der Waals surface area contributed by atoms with Crippen molar-refractivity contribution in [1.82, 2.24) is 10.2 Å². The van der Waals surface area contributed by atoms with E-state index in [0.717, 1.165) is 20.8 Å². The number of hydrogen-bond donors (Lipinski definition) is 1. The van der Waals surface area contributed by atoms with Crippen LogP contribution >= 0.6 is 15.9 Å². The summed E-state index contributed by atoms with van der Waals surface area (Å²) in [6.07, 6.45) is 0. The number of amides is 2. The highest BCUT2D eigenvalue weighted by Crippen LogP contribution is 2.33. The molecule has 0 bridgehead atoms. The molecule has 32 heavy (non-hydrogen) atoms. The Hall–Kier alpha value is -2.86. The van der Waals surface area contributed by atoms with Gasteiger partial charge in [-0.3, -0.25) is 9.59 Å². The fourth-order valence-corrected chi connectivity index (χ4v) is 3.99. The molecule has 6 heteroatoms. The number of carbonyl (C=O) groups excluding carboxylic acids is 2. The Bertz CT molecular complexity index is 1090. The van der Waals surface area contributed by atoms with Gasteiger partial charge < -0.3 is 15.0 Å². The van der Waals surface area contributed by atoms with Crippen molar-refractivity contribution < 1.29 is 14.3 Å². The lowest BCUT2D eigenvalue weighted by molar-refractivity contribution is -0.142. The number of rotatable bonds is 7. The molecule has 0 heterocycles. The summed E-state index contributed by atoms with van der Waals surface area (Å²) < 4.78 is 6.69. The van der Waals surface area contributed by atoms with Gasteiger partial charge in [0.15, 0.2) is 6.61 Å². The number of nitrogens with one attached hydrogen (secondary N) is 1. The van der Waals surface area contributed by atoms with Crippen LogP contribution in [0.2, 0.25) is 0 Å². The van der Waals surface area contributed by atoms with Gasteiger partial charge in [-0.25, -0.2) is 0 Å². The van der Waals surface area contributed by atoms with Crippen molar-refractivity contribution in [2.45, 2.75) is 45.8 Å². The number of carbonyl (C=O) groups is 2. The Labute approximate surface area is 197 Å². The van der Waals surface area contributed by atoms with Crippen molar-refractivity contribution >= 4 is 38.5 Å². The Morgan fingerprint density at radius 3 is 2.34 bits per heavy atom. The maximum absolute atomic E-state index is 13.2. The molecule has 3 aromatic rings. The van der Waals surface area contributed by atoms with Crippen molar-refractivity contribution in [2.24, 2.45) is 0 Å². The normalized spacial score (nSPS) is 12.3. The second kappa shape index (κ2) is 10.2. The molecule has 168 valence electrons. The average molecular weight is 497 g/mol. The molecule has 2 amide bonds. The second-order valence-corrected chi connectivity index (χ2v) is 9.60. The van der Waals surface area contributed by atoms with Crippen LogP contribution in [0.3, 0.4) is 0 Å². The summed E-state index contributed by atoms with van der Waals surface area (Å²) in [5.74, 6) is 0.127. The zero-order chi connectivity index (χ0) is 23.3. The molecular weight excluding hydrogens is 468 g/mol. The molecule has 0 saturated carbocycles. The fraction of sp³-hybridized carbons (Fsp3) is 0.308. The highest BCUT2D eigenvalue weighted by molar-refractivity contribution is 9.10. The number of nitrogens with zero attached hydrogens (tertiary/aromatic N) is 1. The summed E-state index contributed by atoms with van der Waals surface area (Å²) in [4.78, 5) is 27.6. The van der Waals surface area contributed by atoms with Gasteiger partial charge in [0.05, 0.1) is 4.47 Å². The smallest absolute Gasteiger partial charge is 0.261 e. The zero-order valence-electron chi connectivity index (χ0n) is 18.9. The molecule has 0 saturated heterocycles. The third-order valence-corrected chi connectivity index (χ3v) is 5.86. The van der Waals surface area contributed by atoms with Crippen LogP contribution in [0.5, 0.6) is 5.75 Å². The maximum atomic E-state index is 13.2. The third-order valence-electron chi connectivity index (χ3n) is 5.04. The van der Waals surface area contributed by atoms with Gasteiger partial charge >= 0.3 is 0 Å². The van der Waals surface area contributed by atoms with E-state index < -0.39 is 6.04 Å². The number of halogens is 1. The lowest BCUT2D eigenvalue weighted by Gasteiger charge is -2.31. The van der Waals surface area contributed by atoms with Crippen LogP contribution in [0.4, 0.5) is 0 Å². The molecule has 0 fully saturated rings. The first kappa shape index (κ1) is 23.8. The predicted molar refractivity (Wildman–Crippen MR) is 131 cm³/mol. The molecule has 0 aromatic heterocycles. The van der Waals surface area contributed by atoms with Crippen LogP contribution in [-0.2, 0) is 16.1 Å². The first-order valence-corrected chi connectivity index (χ1v) is 11.4. The van der Waals surface area contributed by atoms with Crippen LogP contribution in [0.1, 0.15) is 33.3 Å². The van der Waals surface area contributed by atoms with Gasteiger partial charge in [0.1, 0.15) is 11.8 Å². The first-order chi connectivity index (χ1) is 15.2. The van der Waals surface area contributed by atoms with E-state index >= 15 is 0 Å². The van der Waals surface area contributed by atoms with Crippen LogP contribution in [0.15, 0.2) is 71.2 Å². The Morgan fingerprint density at radius 2 is 1.66 bits per heavy atom. The third kappa shape index (κ3) is 6.10. The van der Waals surface area contributed by atoms with E-state index in [1.165, 1.54) is 0 Å². The average Bonchev–Trinajstić information content (AvgIpc) is 2.76. The van der Waals surface area contributed by atoms with Crippen LogP contribution in [0, 0.1) is 0 Å². The Kier molecular flexibility index (Phi) is 7.56. The summed E-state index contributed by atoms with van der Waals surface area (Å²) >= 11 is 3.59. The fourth-order valence-electron chi connectivity index (χ4n) is 3.38. The molecule has 0 aliphatic heterocycles. The van der Waals surface area contributed by atoms with Gasteiger partial charge in [0, 0.05) is 12.1 Å². The summed E-state index contributed by atoms with van der Waals surface area (Å²) in [5.41, 5.74) is 0.558. The summed E-state index contributed by atoms with van der Waals surface area (Å²) in [7, 11) is 0. The van der Waals surface area contributed by atoms with Crippen molar-refractivity contribution in [3.8, 4) is 5.75 Å². The van der Waals surface area contributed by atoms with Gasteiger partial charge in [-0.1, -0.05) is 60.7 Å². The quantitative estimate of drug-likeness (QED) is 0.481. The molecule has 0 radical (unpaired) electrons. The van der Waals surface area contributed by atoms with Crippen molar-refractivity contribution in [1.29, 1.82) is 0 Å². The standard InChI is InChI=1S/C26H29BrN2O3/c1-18(25(31)28-26(2,3)4)29(16-19-10-6-5-7-11-19)23(30)17-32-22-15-14-20-12-8-9-13-21(20)24(22)27/h5-15,18H,16-17H2,1-4H3,(H,28,31)/t18-/m0/s1. The van der Waals surface area contributed by atoms with E-state index in [-0.39, 0.29) is 24.0 Å². The monoisotopic (exact) mass is 496 g/mol. The highest BCUT2D eigenvalue weighted by Gasteiger charge is 2.28. The summed E-state index contributed by atoms with van der Waals surface area (Å²) in [6, 6.07) is 20.7. The largest absolute Gasteiger partial charge is 0.483 e. The minimum absolute atomic E-state index is 0.170. The van der Waals surface area contributed by atoms with E-state index in [4.69, 9.17) is 4.74 Å². The minimum Gasteiger partial charge on any atom is -0.483 e. The number of fused-ring (bicyclic) bond motifs is 1. The Morgan fingerprint density at radius 1 is 1.00 bits per heavy atom. The SMILES string of the molecule is C[C@@H](C(=O)NC(C)(C)C)N(Cc1ccccc1)C(=O)COc1ccc2ccccc2c1Br. The molecule has 3 aromatic carbocycles.